The lowest BCUT2D eigenvalue weighted by Crippen LogP contribution is -2.45. The molecule has 18 heavy (non-hydrogen) atoms. The molecule has 2 atom stereocenters. The highest BCUT2D eigenvalue weighted by Gasteiger charge is 2.25. The largest absolute Gasteiger partial charge is 0.391 e. The zero-order valence-electron chi connectivity index (χ0n) is 10.4. The van der Waals surface area contributed by atoms with Gasteiger partial charge in [-0.25, -0.2) is 0 Å². The molecule has 98 valence electrons. The molecular weight excluding hydrogens is 294 g/mol. The van der Waals surface area contributed by atoms with Crippen molar-refractivity contribution in [2.75, 3.05) is 0 Å². The van der Waals surface area contributed by atoms with Crippen LogP contribution in [0.1, 0.15) is 41.6 Å². The van der Waals surface area contributed by atoms with E-state index in [1.165, 1.54) is 0 Å². The van der Waals surface area contributed by atoms with Crippen molar-refractivity contribution in [1.29, 1.82) is 0 Å². The summed E-state index contributed by atoms with van der Waals surface area (Å²) < 4.78 is 0.797. The normalized spacial score (nSPS) is 23.7. The Morgan fingerprint density at radius 2 is 2.11 bits per heavy atom. The summed E-state index contributed by atoms with van der Waals surface area (Å²) in [4.78, 5) is 12.1. The zero-order chi connectivity index (χ0) is 13.1. The number of aliphatic hydroxyl groups excluding tert-OH is 1. The van der Waals surface area contributed by atoms with Crippen LogP contribution >= 0.6 is 15.9 Å². The van der Waals surface area contributed by atoms with Crippen LogP contribution in [0.25, 0.3) is 0 Å². The van der Waals surface area contributed by atoms with Gasteiger partial charge in [0, 0.05) is 4.47 Å². The van der Waals surface area contributed by atoms with Gasteiger partial charge in [-0.3, -0.25) is 4.79 Å². The highest BCUT2D eigenvalue weighted by atomic mass is 79.9. The molecule has 0 aliphatic heterocycles. The number of carbonyl (C=O) groups excluding carboxylic acids is 1. The van der Waals surface area contributed by atoms with Crippen LogP contribution in [0.15, 0.2) is 22.7 Å². The summed E-state index contributed by atoms with van der Waals surface area (Å²) in [5.74, 6) is -0.118. The van der Waals surface area contributed by atoms with E-state index in [9.17, 15) is 9.90 Å². The van der Waals surface area contributed by atoms with E-state index in [1.54, 1.807) is 0 Å². The average molecular weight is 312 g/mol. The summed E-state index contributed by atoms with van der Waals surface area (Å²) in [5, 5.41) is 12.8. The van der Waals surface area contributed by atoms with E-state index in [1.807, 2.05) is 25.1 Å². The Morgan fingerprint density at radius 1 is 1.39 bits per heavy atom. The molecule has 3 nitrogen and oxygen atoms in total. The van der Waals surface area contributed by atoms with Crippen LogP contribution in [0, 0.1) is 6.92 Å². The van der Waals surface area contributed by atoms with E-state index in [-0.39, 0.29) is 11.9 Å². The number of amides is 1. The second-order valence-corrected chi connectivity index (χ2v) is 5.77. The third kappa shape index (κ3) is 3.12. The summed E-state index contributed by atoms with van der Waals surface area (Å²) in [5.41, 5.74) is 1.73. The Morgan fingerprint density at radius 3 is 2.78 bits per heavy atom. The SMILES string of the molecule is Cc1ccc(C(=O)N[C@H]2CCCC[C@@H]2O)c(Br)c1. The van der Waals surface area contributed by atoms with Crippen LogP contribution in [0.2, 0.25) is 0 Å². The first-order valence-electron chi connectivity index (χ1n) is 6.33. The predicted molar refractivity (Wildman–Crippen MR) is 74.6 cm³/mol. The maximum Gasteiger partial charge on any atom is 0.252 e. The second-order valence-electron chi connectivity index (χ2n) is 4.92. The Labute approximate surface area is 116 Å². The zero-order valence-corrected chi connectivity index (χ0v) is 12.0. The summed E-state index contributed by atoms with van der Waals surface area (Å²) in [7, 11) is 0. The van der Waals surface area contributed by atoms with Crippen molar-refractivity contribution in [3.63, 3.8) is 0 Å². The molecule has 0 radical (unpaired) electrons. The standard InChI is InChI=1S/C14H18BrNO2/c1-9-6-7-10(11(15)8-9)14(18)16-12-4-2-3-5-13(12)17/h6-8,12-13,17H,2-5H2,1H3,(H,16,18)/t12-,13-/m0/s1. The van der Waals surface area contributed by atoms with Crippen molar-refractivity contribution in [2.24, 2.45) is 0 Å². The molecule has 0 heterocycles. The maximum atomic E-state index is 12.1. The van der Waals surface area contributed by atoms with Gasteiger partial charge in [0.2, 0.25) is 0 Å². The molecule has 0 bridgehead atoms. The number of benzene rings is 1. The van der Waals surface area contributed by atoms with Gasteiger partial charge in [0.1, 0.15) is 0 Å². The van der Waals surface area contributed by atoms with Gasteiger partial charge in [0.25, 0.3) is 5.91 Å². The number of aliphatic hydroxyl groups is 1. The van der Waals surface area contributed by atoms with Crippen LogP contribution in [0.4, 0.5) is 0 Å². The molecule has 0 aromatic heterocycles. The molecule has 0 unspecified atom stereocenters. The van der Waals surface area contributed by atoms with Crippen molar-refractivity contribution in [3.05, 3.63) is 33.8 Å². The van der Waals surface area contributed by atoms with E-state index in [4.69, 9.17) is 0 Å². The van der Waals surface area contributed by atoms with E-state index in [2.05, 4.69) is 21.2 Å². The number of rotatable bonds is 2. The lowest BCUT2D eigenvalue weighted by molar-refractivity contribution is 0.0716. The fraction of sp³-hybridized carbons (Fsp3) is 0.500. The first-order valence-corrected chi connectivity index (χ1v) is 7.12. The molecule has 0 saturated heterocycles. The molecule has 4 heteroatoms. The van der Waals surface area contributed by atoms with Crippen molar-refractivity contribution in [3.8, 4) is 0 Å². The lowest BCUT2D eigenvalue weighted by Gasteiger charge is -2.28. The average Bonchev–Trinajstić information content (AvgIpc) is 2.32. The number of hydrogen-bond acceptors (Lipinski definition) is 2. The monoisotopic (exact) mass is 311 g/mol. The van der Waals surface area contributed by atoms with Gasteiger partial charge in [-0.1, -0.05) is 18.9 Å². The Bertz CT molecular complexity index is 447. The molecule has 1 saturated carbocycles. The molecule has 1 amide bonds. The lowest BCUT2D eigenvalue weighted by atomic mass is 9.92. The molecule has 1 aliphatic rings. The van der Waals surface area contributed by atoms with Gasteiger partial charge in [0.05, 0.1) is 17.7 Å². The van der Waals surface area contributed by atoms with E-state index in [0.29, 0.717) is 5.56 Å². The number of nitrogens with one attached hydrogen (secondary N) is 1. The fourth-order valence-electron chi connectivity index (χ4n) is 2.33. The Kier molecular flexibility index (Phi) is 4.40. The first kappa shape index (κ1) is 13.6. The molecule has 0 spiro atoms. The number of carbonyl (C=O) groups is 1. The van der Waals surface area contributed by atoms with Gasteiger partial charge in [-0.05, 0) is 53.4 Å². The molecule has 2 N–H and O–H groups in total. The van der Waals surface area contributed by atoms with Crippen LogP contribution < -0.4 is 5.32 Å². The number of aryl methyl sites for hydroxylation is 1. The smallest absolute Gasteiger partial charge is 0.252 e. The van der Waals surface area contributed by atoms with Gasteiger partial charge in [-0.2, -0.15) is 0 Å². The van der Waals surface area contributed by atoms with Crippen molar-refractivity contribution < 1.29 is 9.90 Å². The fourth-order valence-corrected chi connectivity index (χ4v) is 3.00. The highest BCUT2D eigenvalue weighted by Crippen LogP contribution is 2.21. The van der Waals surface area contributed by atoms with E-state index >= 15 is 0 Å². The van der Waals surface area contributed by atoms with E-state index < -0.39 is 6.10 Å². The second kappa shape index (κ2) is 5.85. The highest BCUT2D eigenvalue weighted by molar-refractivity contribution is 9.10. The minimum absolute atomic E-state index is 0.112. The van der Waals surface area contributed by atoms with Crippen molar-refractivity contribution in [1.82, 2.24) is 5.32 Å². The van der Waals surface area contributed by atoms with Gasteiger partial charge >= 0.3 is 0 Å². The van der Waals surface area contributed by atoms with Crippen LogP contribution in [0.3, 0.4) is 0 Å². The first-order chi connectivity index (χ1) is 8.58. The summed E-state index contributed by atoms with van der Waals surface area (Å²) in [6.07, 6.45) is 3.34. The summed E-state index contributed by atoms with van der Waals surface area (Å²) in [6.45, 7) is 1.98. The summed E-state index contributed by atoms with van der Waals surface area (Å²) >= 11 is 3.40. The molecule has 1 aromatic carbocycles. The van der Waals surface area contributed by atoms with Gasteiger partial charge < -0.3 is 10.4 Å². The number of hydrogen-bond donors (Lipinski definition) is 2. The number of halogens is 1. The Hall–Kier alpha value is -0.870. The Balaban J connectivity index is 2.07. The van der Waals surface area contributed by atoms with Crippen LogP contribution in [-0.2, 0) is 0 Å². The maximum absolute atomic E-state index is 12.1. The van der Waals surface area contributed by atoms with E-state index in [0.717, 1.165) is 35.7 Å². The predicted octanol–water partition coefficient (Wildman–Crippen LogP) is 2.79. The molecule has 1 aromatic rings. The van der Waals surface area contributed by atoms with Gasteiger partial charge in [-0.15, -0.1) is 0 Å². The third-order valence-electron chi connectivity index (χ3n) is 3.42. The van der Waals surface area contributed by atoms with Crippen LogP contribution in [-0.4, -0.2) is 23.2 Å². The summed E-state index contributed by atoms with van der Waals surface area (Å²) in [6, 6.07) is 5.53. The van der Waals surface area contributed by atoms with Crippen molar-refractivity contribution >= 4 is 21.8 Å². The third-order valence-corrected chi connectivity index (χ3v) is 4.07. The van der Waals surface area contributed by atoms with Crippen molar-refractivity contribution in [2.45, 2.75) is 44.8 Å². The van der Waals surface area contributed by atoms with Gasteiger partial charge in [0.15, 0.2) is 0 Å². The quantitative estimate of drug-likeness (QED) is 0.882. The molecule has 1 aliphatic carbocycles. The molecule has 1 fully saturated rings. The minimum atomic E-state index is -0.410. The topological polar surface area (TPSA) is 49.3 Å². The molecular formula is C14H18BrNO2. The van der Waals surface area contributed by atoms with Crippen LogP contribution in [0.5, 0.6) is 0 Å². The molecule has 2 rings (SSSR count). The minimum Gasteiger partial charge on any atom is -0.391 e.